The summed E-state index contributed by atoms with van der Waals surface area (Å²) in [5.41, 5.74) is 1.93. The molecule has 0 N–H and O–H groups in total. The summed E-state index contributed by atoms with van der Waals surface area (Å²) in [5, 5.41) is 0. The summed E-state index contributed by atoms with van der Waals surface area (Å²) in [4.78, 5) is 22.4. The van der Waals surface area contributed by atoms with E-state index in [0.29, 0.717) is 43.9 Å². The van der Waals surface area contributed by atoms with Crippen molar-refractivity contribution in [3.8, 4) is 6.01 Å². The highest BCUT2D eigenvalue weighted by Gasteiger charge is 2.29. The molecule has 0 amide bonds. The second-order valence-corrected chi connectivity index (χ2v) is 7.37. The van der Waals surface area contributed by atoms with Crippen molar-refractivity contribution in [2.45, 2.75) is 70.9 Å². The van der Waals surface area contributed by atoms with Gasteiger partial charge >= 0.3 is 6.01 Å². The first-order chi connectivity index (χ1) is 12.3. The van der Waals surface area contributed by atoms with Crippen LogP contribution < -0.4 is 10.3 Å². The molecule has 3 aliphatic rings. The average Bonchev–Trinajstić information content (AvgIpc) is 3.29. The van der Waals surface area contributed by atoms with E-state index in [1.54, 1.807) is 4.57 Å². The zero-order chi connectivity index (χ0) is 17.2. The standard InChI is InChI=1S/C19H27N3O3/c1-2-9-22-18(23)15-11-16(13-6-4-3-5-7-13)20-17(15)21-19(22)25-14-8-10-24-12-14/h13-14H,2-12H2,1H3/t14-/m0/s1. The molecule has 0 bridgehead atoms. The Labute approximate surface area is 148 Å². The zero-order valence-electron chi connectivity index (χ0n) is 15.0. The number of fused-ring (bicyclic) bond motifs is 1. The molecule has 6 nitrogen and oxygen atoms in total. The van der Waals surface area contributed by atoms with E-state index in [1.807, 2.05) is 0 Å². The van der Waals surface area contributed by atoms with E-state index in [9.17, 15) is 4.79 Å². The third-order valence-electron chi connectivity index (χ3n) is 5.50. The number of hydrogen-bond acceptors (Lipinski definition) is 5. The highest BCUT2D eigenvalue weighted by Crippen LogP contribution is 2.33. The largest absolute Gasteiger partial charge is 0.459 e. The van der Waals surface area contributed by atoms with Crippen molar-refractivity contribution in [3.63, 3.8) is 0 Å². The minimum atomic E-state index is -0.0174. The molecule has 0 unspecified atom stereocenters. The van der Waals surface area contributed by atoms with Gasteiger partial charge in [0, 0.05) is 25.1 Å². The summed E-state index contributed by atoms with van der Waals surface area (Å²) in [6.45, 7) is 3.96. The minimum absolute atomic E-state index is 0.0174. The molecule has 0 spiro atoms. The van der Waals surface area contributed by atoms with Gasteiger partial charge in [-0.05, 0) is 25.2 Å². The predicted octanol–water partition coefficient (Wildman–Crippen LogP) is 3.03. The molecule has 3 heterocycles. The Hall–Kier alpha value is -1.69. The van der Waals surface area contributed by atoms with Crippen LogP contribution >= 0.6 is 0 Å². The monoisotopic (exact) mass is 345 g/mol. The predicted molar refractivity (Wildman–Crippen MR) is 96.0 cm³/mol. The van der Waals surface area contributed by atoms with Crippen molar-refractivity contribution in [1.82, 2.24) is 9.55 Å². The Morgan fingerprint density at radius 3 is 2.80 bits per heavy atom. The van der Waals surface area contributed by atoms with Crippen LogP contribution in [0.25, 0.3) is 0 Å². The van der Waals surface area contributed by atoms with Crippen LogP contribution in [0.1, 0.15) is 57.4 Å². The molecule has 1 saturated heterocycles. The van der Waals surface area contributed by atoms with Gasteiger partial charge in [-0.3, -0.25) is 9.36 Å². The molecule has 1 aromatic heterocycles. The van der Waals surface area contributed by atoms with Crippen LogP contribution in [0.4, 0.5) is 5.82 Å². The maximum atomic E-state index is 13.0. The van der Waals surface area contributed by atoms with E-state index in [1.165, 1.54) is 32.1 Å². The molecule has 4 rings (SSSR count). The average molecular weight is 345 g/mol. The maximum Gasteiger partial charge on any atom is 0.301 e. The van der Waals surface area contributed by atoms with Crippen LogP contribution in [0.15, 0.2) is 9.79 Å². The third-order valence-corrected chi connectivity index (χ3v) is 5.50. The minimum Gasteiger partial charge on any atom is -0.459 e. The number of aromatic nitrogens is 2. The molecule has 1 saturated carbocycles. The Morgan fingerprint density at radius 2 is 2.08 bits per heavy atom. The number of nitrogens with zero attached hydrogens (tertiary/aromatic N) is 3. The first-order valence-corrected chi connectivity index (χ1v) is 9.72. The van der Waals surface area contributed by atoms with E-state index in [2.05, 4.69) is 11.9 Å². The van der Waals surface area contributed by atoms with Crippen molar-refractivity contribution in [2.24, 2.45) is 10.9 Å². The fourth-order valence-corrected chi connectivity index (χ4v) is 4.10. The lowest BCUT2D eigenvalue weighted by molar-refractivity contribution is 0.129. The van der Waals surface area contributed by atoms with Gasteiger partial charge < -0.3 is 9.47 Å². The number of aliphatic imine (C=N–C) groups is 1. The lowest BCUT2D eigenvalue weighted by atomic mass is 9.84. The van der Waals surface area contributed by atoms with Gasteiger partial charge in [0.2, 0.25) is 0 Å². The van der Waals surface area contributed by atoms with Crippen molar-refractivity contribution in [1.29, 1.82) is 0 Å². The first-order valence-electron chi connectivity index (χ1n) is 9.72. The van der Waals surface area contributed by atoms with E-state index in [4.69, 9.17) is 14.5 Å². The molecule has 2 aliphatic heterocycles. The number of hydrogen-bond donors (Lipinski definition) is 0. The summed E-state index contributed by atoms with van der Waals surface area (Å²) >= 11 is 0. The van der Waals surface area contributed by atoms with Gasteiger partial charge in [-0.2, -0.15) is 4.98 Å². The first kappa shape index (κ1) is 16.8. The Kier molecular flexibility index (Phi) is 4.88. The molecule has 2 fully saturated rings. The number of ether oxygens (including phenoxy) is 2. The van der Waals surface area contributed by atoms with Gasteiger partial charge in [0.1, 0.15) is 6.10 Å². The molecule has 1 atom stereocenters. The highest BCUT2D eigenvalue weighted by molar-refractivity contribution is 5.94. The maximum absolute atomic E-state index is 13.0. The molecule has 1 aromatic rings. The highest BCUT2D eigenvalue weighted by atomic mass is 16.6. The van der Waals surface area contributed by atoms with E-state index in [0.717, 1.165) is 24.1 Å². The normalized spacial score (nSPS) is 23.6. The zero-order valence-corrected chi connectivity index (χ0v) is 15.0. The Morgan fingerprint density at radius 1 is 1.24 bits per heavy atom. The molecule has 1 aliphatic carbocycles. The van der Waals surface area contributed by atoms with E-state index in [-0.39, 0.29) is 11.7 Å². The van der Waals surface area contributed by atoms with Crippen molar-refractivity contribution in [3.05, 3.63) is 15.9 Å². The van der Waals surface area contributed by atoms with E-state index < -0.39 is 0 Å². The summed E-state index contributed by atoms with van der Waals surface area (Å²) in [6, 6.07) is 0.412. The molecule has 0 radical (unpaired) electrons. The van der Waals surface area contributed by atoms with Crippen LogP contribution in [0, 0.1) is 5.92 Å². The Bertz CT molecular complexity index is 713. The van der Waals surface area contributed by atoms with Crippen LogP contribution in [0.5, 0.6) is 6.01 Å². The van der Waals surface area contributed by atoms with Crippen LogP contribution in [-0.2, 0) is 17.7 Å². The summed E-state index contributed by atoms with van der Waals surface area (Å²) < 4.78 is 13.1. The summed E-state index contributed by atoms with van der Waals surface area (Å²) in [7, 11) is 0. The second-order valence-electron chi connectivity index (χ2n) is 7.37. The second kappa shape index (κ2) is 7.28. The lowest BCUT2D eigenvalue weighted by Crippen LogP contribution is -2.29. The fraction of sp³-hybridized carbons (Fsp3) is 0.737. The number of rotatable bonds is 5. The third kappa shape index (κ3) is 3.36. The SMILES string of the molecule is CCCn1c(O[C@H]2CCOC2)nc2c(c1=O)CC(C1CCCCC1)=N2. The van der Waals surface area contributed by atoms with Crippen LogP contribution in [0.3, 0.4) is 0 Å². The molecular weight excluding hydrogens is 318 g/mol. The van der Waals surface area contributed by atoms with Crippen LogP contribution in [0.2, 0.25) is 0 Å². The summed E-state index contributed by atoms with van der Waals surface area (Å²) in [5.74, 6) is 1.11. The van der Waals surface area contributed by atoms with Crippen molar-refractivity contribution in [2.75, 3.05) is 13.2 Å². The molecule has 6 heteroatoms. The molecular formula is C19H27N3O3. The van der Waals surface area contributed by atoms with Gasteiger partial charge in [-0.25, -0.2) is 4.99 Å². The Balaban J connectivity index is 1.64. The lowest BCUT2D eigenvalue weighted by Gasteiger charge is -2.21. The molecule has 0 aromatic carbocycles. The molecule has 136 valence electrons. The van der Waals surface area contributed by atoms with Gasteiger partial charge in [0.05, 0.1) is 18.8 Å². The topological polar surface area (TPSA) is 65.7 Å². The fourth-order valence-electron chi connectivity index (χ4n) is 4.10. The van der Waals surface area contributed by atoms with Gasteiger partial charge in [0.15, 0.2) is 5.82 Å². The molecule has 25 heavy (non-hydrogen) atoms. The van der Waals surface area contributed by atoms with Gasteiger partial charge in [-0.1, -0.05) is 26.2 Å². The van der Waals surface area contributed by atoms with Gasteiger partial charge in [-0.15, -0.1) is 0 Å². The summed E-state index contributed by atoms with van der Waals surface area (Å²) in [6.07, 6.45) is 8.60. The van der Waals surface area contributed by atoms with E-state index >= 15 is 0 Å². The quantitative estimate of drug-likeness (QED) is 0.823. The van der Waals surface area contributed by atoms with Crippen LogP contribution in [-0.4, -0.2) is 34.6 Å². The van der Waals surface area contributed by atoms with Gasteiger partial charge in [0.25, 0.3) is 5.56 Å². The van der Waals surface area contributed by atoms with Crippen molar-refractivity contribution < 1.29 is 9.47 Å². The van der Waals surface area contributed by atoms with Crippen molar-refractivity contribution >= 4 is 11.5 Å². The smallest absolute Gasteiger partial charge is 0.301 e.